The van der Waals surface area contributed by atoms with Gasteiger partial charge in [0.05, 0.1) is 5.41 Å². The van der Waals surface area contributed by atoms with Gasteiger partial charge in [0, 0.05) is 5.41 Å². The van der Waals surface area contributed by atoms with E-state index in [1.165, 1.54) is 12.2 Å². The van der Waals surface area contributed by atoms with Gasteiger partial charge in [-0.15, -0.1) is 0 Å². The van der Waals surface area contributed by atoms with Crippen LogP contribution in [0.15, 0.2) is 17.6 Å². The van der Waals surface area contributed by atoms with E-state index in [-0.39, 0.29) is 0 Å². The fourth-order valence-corrected chi connectivity index (χ4v) is 0.948. The summed E-state index contributed by atoms with van der Waals surface area (Å²) in [5.41, 5.74) is 0. The van der Waals surface area contributed by atoms with E-state index in [0.29, 0.717) is 0 Å². The molecule has 1 radical (unpaired) electrons. The summed E-state index contributed by atoms with van der Waals surface area (Å²) in [6, 6.07) is 0. The monoisotopic (exact) mass is 115 g/mol. The molecule has 0 saturated heterocycles. The number of rotatable bonds is 0. The van der Waals surface area contributed by atoms with E-state index in [1.807, 2.05) is 0 Å². The smallest absolute Gasteiger partial charge is 0.201 e. The van der Waals surface area contributed by atoms with Gasteiger partial charge in [-0.05, 0) is 12.2 Å². The Hall–Kier alpha value is -0.570. The highest BCUT2D eigenvalue weighted by Crippen LogP contribution is 2.00. The summed E-state index contributed by atoms with van der Waals surface area (Å²) in [6.45, 7) is 0. The van der Waals surface area contributed by atoms with Crippen molar-refractivity contribution >= 4 is 9.84 Å². The molecule has 2 nitrogen and oxygen atoms in total. The SMILES string of the molecule is O=S1(=O)[C]=CC=C1. The topological polar surface area (TPSA) is 34.1 Å². The Bertz CT molecular complexity index is 190. The van der Waals surface area contributed by atoms with Crippen molar-refractivity contribution in [1.82, 2.24) is 0 Å². The van der Waals surface area contributed by atoms with Crippen molar-refractivity contribution in [3.8, 4) is 0 Å². The maximum absolute atomic E-state index is 10.2. The zero-order valence-electron chi connectivity index (χ0n) is 3.46. The van der Waals surface area contributed by atoms with Crippen molar-refractivity contribution in [1.29, 1.82) is 0 Å². The molecule has 0 bridgehead atoms. The van der Waals surface area contributed by atoms with Crippen LogP contribution in [-0.2, 0) is 9.84 Å². The van der Waals surface area contributed by atoms with Crippen molar-refractivity contribution < 1.29 is 8.42 Å². The summed E-state index contributed by atoms with van der Waals surface area (Å²) in [7, 11) is -3.03. The van der Waals surface area contributed by atoms with Gasteiger partial charge >= 0.3 is 0 Å². The van der Waals surface area contributed by atoms with Crippen molar-refractivity contribution in [2.45, 2.75) is 0 Å². The minimum atomic E-state index is -3.03. The first kappa shape index (κ1) is 4.59. The molecule has 1 aliphatic heterocycles. The molecular weight excluding hydrogens is 112 g/mol. The maximum atomic E-state index is 10.2. The van der Waals surface area contributed by atoms with E-state index in [1.54, 1.807) is 0 Å². The summed E-state index contributed by atoms with van der Waals surface area (Å²) in [5.74, 6) is 0. The van der Waals surface area contributed by atoms with Gasteiger partial charge in [0.2, 0.25) is 9.84 Å². The van der Waals surface area contributed by atoms with Crippen molar-refractivity contribution in [3.63, 3.8) is 0 Å². The molecule has 0 fully saturated rings. The maximum Gasteiger partial charge on any atom is 0.201 e. The number of sulfone groups is 1. The molecule has 1 aliphatic rings. The summed E-state index contributed by atoms with van der Waals surface area (Å²) in [4.78, 5) is 0. The van der Waals surface area contributed by atoms with E-state index < -0.39 is 9.84 Å². The van der Waals surface area contributed by atoms with Crippen LogP contribution in [-0.4, -0.2) is 8.42 Å². The van der Waals surface area contributed by atoms with Crippen molar-refractivity contribution in [3.05, 3.63) is 23.0 Å². The molecular formula is C4H3O2S. The molecule has 1 rings (SSSR count). The summed E-state index contributed by atoms with van der Waals surface area (Å²) in [6.07, 6.45) is 2.81. The van der Waals surface area contributed by atoms with Crippen molar-refractivity contribution in [2.24, 2.45) is 0 Å². The summed E-state index contributed by atoms with van der Waals surface area (Å²) < 4.78 is 20.4. The standard InChI is InChI=1S/C4H3O2S/c5-7(6)3-1-2-4-7/h1-3H. The van der Waals surface area contributed by atoms with Crippen LogP contribution in [0.1, 0.15) is 0 Å². The molecule has 0 amide bonds. The van der Waals surface area contributed by atoms with E-state index in [4.69, 9.17) is 0 Å². The lowest BCUT2D eigenvalue weighted by Crippen LogP contribution is -1.81. The molecule has 0 aromatic heterocycles. The highest BCUT2D eigenvalue weighted by atomic mass is 32.2. The van der Waals surface area contributed by atoms with Gasteiger partial charge in [-0.2, -0.15) is 0 Å². The van der Waals surface area contributed by atoms with Crippen LogP contribution in [0, 0.1) is 5.41 Å². The average Bonchev–Trinajstić information content (AvgIpc) is 1.84. The first-order chi connectivity index (χ1) is 3.21. The van der Waals surface area contributed by atoms with Gasteiger partial charge in [0.15, 0.2) is 0 Å². The highest BCUT2D eigenvalue weighted by Gasteiger charge is 2.01. The second kappa shape index (κ2) is 1.20. The average molecular weight is 115 g/mol. The molecule has 0 aliphatic carbocycles. The minimum absolute atomic E-state index is 1.10. The lowest BCUT2D eigenvalue weighted by atomic mass is 10.6. The van der Waals surface area contributed by atoms with E-state index in [2.05, 4.69) is 5.41 Å². The molecule has 0 N–H and O–H groups in total. The van der Waals surface area contributed by atoms with E-state index in [0.717, 1.165) is 5.41 Å². The fourth-order valence-electron chi connectivity index (χ4n) is 0.316. The second-order valence-electron chi connectivity index (χ2n) is 1.16. The Kier molecular flexibility index (Phi) is 0.785. The van der Waals surface area contributed by atoms with Crippen LogP contribution in [0.2, 0.25) is 0 Å². The van der Waals surface area contributed by atoms with Crippen LogP contribution in [0.25, 0.3) is 0 Å². The van der Waals surface area contributed by atoms with Crippen LogP contribution in [0.4, 0.5) is 0 Å². The predicted octanol–water partition coefficient (Wildman–Crippen LogP) is 0.245. The Morgan fingerprint density at radius 1 is 1.43 bits per heavy atom. The third kappa shape index (κ3) is 0.899. The minimum Gasteiger partial charge on any atom is -0.219 e. The molecule has 7 heavy (non-hydrogen) atoms. The second-order valence-corrected chi connectivity index (χ2v) is 2.76. The van der Waals surface area contributed by atoms with Crippen LogP contribution in [0.5, 0.6) is 0 Å². The Balaban J connectivity index is 3.25. The van der Waals surface area contributed by atoms with Crippen LogP contribution in [0.3, 0.4) is 0 Å². The van der Waals surface area contributed by atoms with Gasteiger partial charge in [0.1, 0.15) is 0 Å². The normalized spacial score (nSPS) is 23.4. The number of allylic oxidation sites excluding steroid dienone is 2. The van der Waals surface area contributed by atoms with Gasteiger partial charge in [-0.25, -0.2) is 8.42 Å². The highest BCUT2D eigenvalue weighted by molar-refractivity contribution is 7.96. The third-order valence-corrected chi connectivity index (χ3v) is 1.57. The quantitative estimate of drug-likeness (QED) is 0.453. The van der Waals surface area contributed by atoms with E-state index >= 15 is 0 Å². The largest absolute Gasteiger partial charge is 0.219 e. The van der Waals surface area contributed by atoms with Gasteiger partial charge in [-0.3, -0.25) is 0 Å². The first-order valence-electron chi connectivity index (χ1n) is 1.73. The van der Waals surface area contributed by atoms with Gasteiger partial charge in [-0.1, -0.05) is 0 Å². The molecule has 3 heteroatoms. The first-order valence-corrected chi connectivity index (χ1v) is 3.27. The molecule has 0 aromatic carbocycles. The zero-order chi connectivity index (χ0) is 5.33. The lowest BCUT2D eigenvalue weighted by Gasteiger charge is -1.72. The molecule has 0 aromatic rings. The molecule has 0 spiro atoms. The Labute approximate surface area is 42.1 Å². The summed E-state index contributed by atoms with van der Waals surface area (Å²) in [5, 5.41) is 3.24. The molecule has 37 valence electrons. The van der Waals surface area contributed by atoms with Crippen molar-refractivity contribution in [2.75, 3.05) is 0 Å². The predicted molar refractivity (Wildman–Crippen MR) is 25.9 cm³/mol. The molecule has 1 heterocycles. The Morgan fingerprint density at radius 3 is 2.29 bits per heavy atom. The number of hydrogen-bond acceptors (Lipinski definition) is 2. The number of hydrogen-bond donors (Lipinski definition) is 0. The fraction of sp³-hybridized carbons (Fsp3) is 0. The Morgan fingerprint density at radius 2 is 2.14 bits per heavy atom. The molecule has 0 unspecified atom stereocenters. The zero-order valence-corrected chi connectivity index (χ0v) is 4.27. The summed E-state index contributed by atoms with van der Waals surface area (Å²) >= 11 is 0. The van der Waals surface area contributed by atoms with Crippen LogP contribution >= 0.6 is 0 Å². The van der Waals surface area contributed by atoms with Crippen LogP contribution < -0.4 is 0 Å². The van der Waals surface area contributed by atoms with E-state index in [9.17, 15) is 8.42 Å². The third-order valence-electron chi connectivity index (χ3n) is 0.586. The van der Waals surface area contributed by atoms with Gasteiger partial charge < -0.3 is 0 Å². The lowest BCUT2D eigenvalue weighted by molar-refractivity contribution is 0.612. The molecule has 0 atom stereocenters. The molecule has 0 saturated carbocycles. The van der Waals surface area contributed by atoms with Gasteiger partial charge in [0.25, 0.3) is 0 Å².